The van der Waals surface area contributed by atoms with Gasteiger partial charge in [0.05, 0.1) is 19.8 Å². The number of pyridine rings is 1. The van der Waals surface area contributed by atoms with E-state index in [-0.39, 0.29) is 5.60 Å². The molecule has 1 spiro atoms. The molecule has 0 radical (unpaired) electrons. The topological polar surface area (TPSA) is 46.6 Å². The molecule has 25 heavy (non-hydrogen) atoms. The first-order chi connectivity index (χ1) is 12.3. The lowest BCUT2D eigenvalue weighted by Gasteiger charge is -2.31. The molecule has 1 N–H and O–H groups in total. The number of aromatic nitrogens is 1. The van der Waals surface area contributed by atoms with E-state index in [4.69, 9.17) is 9.47 Å². The van der Waals surface area contributed by atoms with Crippen LogP contribution in [0.4, 0.5) is 5.82 Å². The highest BCUT2D eigenvalue weighted by Gasteiger charge is 2.43. The van der Waals surface area contributed by atoms with Crippen molar-refractivity contribution in [2.75, 3.05) is 44.8 Å². The number of hydrogen-bond acceptors (Lipinski definition) is 6. The normalized spacial score (nSPS) is 27.4. The quantitative estimate of drug-likeness (QED) is 0.889. The third-order valence-electron chi connectivity index (χ3n) is 4.91. The number of anilines is 1. The molecule has 2 unspecified atom stereocenters. The molecule has 2 fully saturated rings. The zero-order valence-corrected chi connectivity index (χ0v) is 15.2. The first-order valence-electron chi connectivity index (χ1n) is 8.93. The van der Waals surface area contributed by atoms with Crippen molar-refractivity contribution in [3.8, 4) is 0 Å². The number of hydrogen-bond donors (Lipinski definition) is 1. The highest BCUT2D eigenvalue weighted by Crippen LogP contribution is 2.33. The van der Waals surface area contributed by atoms with Gasteiger partial charge in [0.2, 0.25) is 0 Å². The van der Waals surface area contributed by atoms with Crippen LogP contribution in [0.25, 0.3) is 0 Å². The van der Waals surface area contributed by atoms with Crippen LogP contribution in [0, 0.1) is 5.92 Å². The minimum absolute atomic E-state index is 0.162. The number of thiophene rings is 1. The van der Waals surface area contributed by atoms with Gasteiger partial charge in [0.15, 0.2) is 0 Å². The van der Waals surface area contributed by atoms with E-state index in [1.165, 1.54) is 4.88 Å². The Morgan fingerprint density at radius 2 is 2.32 bits per heavy atom. The Morgan fingerprint density at radius 3 is 3.16 bits per heavy atom. The van der Waals surface area contributed by atoms with E-state index in [1.54, 1.807) is 0 Å². The van der Waals surface area contributed by atoms with Gasteiger partial charge in [0.1, 0.15) is 11.4 Å². The molecule has 0 aromatic carbocycles. The zero-order chi connectivity index (χ0) is 17.0. The zero-order valence-electron chi connectivity index (χ0n) is 14.4. The average Bonchev–Trinajstić information content (AvgIpc) is 3.23. The third kappa shape index (κ3) is 4.39. The Balaban J connectivity index is 1.34. The molecular formula is C19H25N3O2S. The fourth-order valence-electron chi connectivity index (χ4n) is 3.74. The standard InChI is InChI=1S/C19H25N3O2S/c1-2-6-20-18(5-1)21-11-16-10-19(24-13-16)14-22(7-8-23-15-19)12-17-4-3-9-25-17/h1-6,9,16H,7-8,10-15H2,(H,20,21). The molecule has 0 aliphatic carbocycles. The van der Waals surface area contributed by atoms with Crippen molar-refractivity contribution in [1.82, 2.24) is 9.88 Å². The SMILES string of the molecule is c1ccc(NCC2COC3(COCCN(Cc4cccs4)C3)C2)nc1. The first-order valence-corrected chi connectivity index (χ1v) is 9.81. The van der Waals surface area contributed by atoms with E-state index in [2.05, 4.69) is 32.7 Å². The van der Waals surface area contributed by atoms with Crippen LogP contribution in [0.1, 0.15) is 11.3 Å². The summed E-state index contributed by atoms with van der Waals surface area (Å²) in [6.07, 6.45) is 2.85. The van der Waals surface area contributed by atoms with E-state index < -0.39 is 0 Å². The summed E-state index contributed by atoms with van der Waals surface area (Å²) in [5.74, 6) is 1.42. The fourth-order valence-corrected chi connectivity index (χ4v) is 4.48. The van der Waals surface area contributed by atoms with E-state index in [0.29, 0.717) is 12.5 Å². The minimum atomic E-state index is -0.162. The smallest absolute Gasteiger partial charge is 0.125 e. The molecule has 2 aromatic heterocycles. The van der Waals surface area contributed by atoms with Crippen LogP contribution in [0.2, 0.25) is 0 Å². The summed E-state index contributed by atoms with van der Waals surface area (Å²) >= 11 is 1.82. The number of ether oxygens (including phenoxy) is 2. The number of nitrogens with zero attached hydrogens (tertiary/aromatic N) is 2. The van der Waals surface area contributed by atoms with Crippen LogP contribution in [-0.4, -0.2) is 54.9 Å². The first kappa shape index (κ1) is 17.0. The van der Waals surface area contributed by atoms with Crippen molar-refractivity contribution in [3.05, 3.63) is 46.8 Å². The lowest BCUT2D eigenvalue weighted by Crippen LogP contribution is -2.43. The van der Waals surface area contributed by atoms with Crippen LogP contribution < -0.4 is 5.32 Å². The fraction of sp³-hybridized carbons (Fsp3) is 0.526. The summed E-state index contributed by atoms with van der Waals surface area (Å²) in [7, 11) is 0. The Bertz CT molecular complexity index is 652. The lowest BCUT2D eigenvalue weighted by molar-refractivity contribution is -0.0561. The predicted octanol–water partition coefficient (Wildman–Crippen LogP) is 2.86. The van der Waals surface area contributed by atoms with Gasteiger partial charge in [0.25, 0.3) is 0 Å². The van der Waals surface area contributed by atoms with Gasteiger partial charge in [-0.3, -0.25) is 4.90 Å². The average molecular weight is 359 g/mol. The van der Waals surface area contributed by atoms with Crippen LogP contribution in [0.15, 0.2) is 41.9 Å². The van der Waals surface area contributed by atoms with Gasteiger partial charge >= 0.3 is 0 Å². The van der Waals surface area contributed by atoms with Crippen molar-refractivity contribution in [2.24, 2.45) is 5.92 Å². The molecule has 2 aliphatic rings. The van der Waals surface area contributed by atoms with Gasteiger partial charge in [-0.2, -0.15) is 0 Å². The number of nitrogens with one attached hydrogen (secondary N) is 1. The molecule has 4 heterocycles. The molecule has 2 aliphatic heterocycles. The van der Waals surface area contributed by atoms with E-state index in [1.807, 2.05) is 35.7 Å². The van der Waals surface area contributed by atoms with Gasteiger partial charge < -0.3 is 14.8 Å². The Kier molecular flexibility index (Phi) is 5.31. The summed E-state index contributed by atoms with van der Waals surface area (Å²) in [5, 5.41) is 5.57. The van der Waals surface area contributed by atoms with Crippen molar-refractivity contribution >= 4 is 17.2 Å². The second kappa shape index (κ2) is 7.83. The lowest BCUT2D eigenvalue weighted by atomic mass is 9.94. The highest BCUT2D eigenvalue weighted by molar-refractivity contribution is 7.09. The van der Waals surface area contributed by atoms with Crippen LogP contribution in [0.3, 0.4) is 0 Å². The summed E-state index contributed by atoms with van der Waals surface area (Å²) in [5.41, 5.74) is -0.162. The molecule has 4 rings (SSSR count). The maximum atomic E-state index is 6.29. The predicted molar refractivity (Wildman–Crippen MR) is 99.9 cm³/mol. The largest absolute Gasteiger partial charge is 0.377 e. The van der Waals surface area contributed by atoms with Gasteiger partial charge in [0, 0.05) is 43.2 Å². The molecule has 0 amide bonds. The molecular weight excluding hydrogens is 334 g/mol. The molecule has 0 saturated carbocycles. The molecule has 2 aromatic rings. The Morgan fingerprint density at radius 1 is 1.32 bits per heavy atom. The summed E-state index contributed by atoms with van der Waals surface area (Å²) in [6, 6.07) is 10.3. The monoisotopic (exact) mass is 359 g/mol. The Labute approximate surface area is 153 Å². The Hall–Kier alpha value is -1.47. The van der Waals surface area contributed by atoms with Gasteiger partial charge in [-0.15, -0.1) is 11.3 Å². The van der Waals surface area contributed by atoms with E-state index in [0.717, 1.165) is 51.6 Å². The second-order valence-corrected chi connectivity index (χ2v) is 8.03. The molecule has 2 saturated heterocycles. The molecule has 2 atom stereocenters. The van der Waals surface area contributed by atoms with Crippen molar-refractivity contribution in [3.63, 3.8) is 0 Å². The summed E-state index contributed by atoms with van der Waals surface area (Å²) < 4.78 is 12.2. The van der Waals surface area contributed by atoms with Crippen molar-refractivity contribution in [2.45, 2.75) is 18.6 Å². The van der Waals surface area contributed by atoms with Gasteiger partial charge in [-0.25, -0.2) is 4.98 Å². The van der Waals surface area contributed by atoms with Gasteiger partial charge in [-0.1, -0.05) is 12.1 Å². The summed E-state index contributed by atoms with van der Waals surface area (Å²) in [4.78, 5) is 8.21. The maximum absolute atomic E-state index is 6.29. The molecule has 6 heteroatoms. The molecule has 0 bridgehead atoms. The number of rotatable bonds is 5. The van der Waals surface area contributed by atoms with Crippen LogP contribution in [0.5, 0.6) is 0 Å². The van der Waals surface area contributed by atoms with Crippen LogP contribution >= 0.6 is 11.3 Å². The molecule has 134 valence electrons. The van der Waals surface area contributed by atoms with E-state index >= 15 is 0 Å². The second-order valence-electron chi connectivity index (χ2n) is 7.00. The molecule has 5 nitrogen and oxygen atoms in total. The minimum Gasteiger partial charge on any atom is -0.377 e. The van der Waals surface area contributed by atoms with E-state index in [9.17, 15) is 0 Å². The van der Waals surface area contributed by atoms with Gasteiger partial charge in [-0.05, 0) is 30.0 Å². The van der Waals surface area contributed by atoms with Crippen molar-refractivity contribution < 1.29 is 9.47 Å². The van der Waals surface area contributed by atoms with Crippen molar-refractivity contribution in [1.29, 1.82) is 0 Å². The van der Waals surface area contributed by atoms with Crippen LogP contribution in [-0.2, 0) is 16.0 Å². The summed E-state index contributed by atoms with van der Waals surface area (Å²) in [6.45, 7) is 6.08. The third-order valence-corrected chi connectivity index (χ3v) is 5.77. The maximum Gasteiger partial charge on any atom is 0.125 e. The highest BCUT2D eigenvalue weighted by atomic mass is 32.1.